The molecule has 0 spiro atoms. The molecule has 36 heavy (non-hydrogen) atoms. The Labute approximate surface area is 228 Å². The number of nitrogens with zero attached hydrogens (tertiary/aromatic N) is 3. The molecule has 0 aliphatic rings. The Morgan fingerprint density at radius 3 is 2.47 bits per heavy atom. The van der Waals surface area contributed by atoms with Crippen LogP contribution in [0.4, 0.5) is 5.69 Å². The lowest BCUT2D eigenvalue weighted by atomic mass is 10.1. The van der Waals surface area contributed by atoms with E-state index in [0.29, 0.717) is 44.1 Å². The normalized spacial score (nSPS) is 10.9. The predicted octanol–water partition coefficient (Wildman–Crippen LogP) is 6.70. The SMILES string of the molecule is CCCCc1ccc(-n2nc3cc(Cl)c(NC(=S)NC(=O)c4ccc(OCC)c(Br)c4)cc3n2)cc1. The average molecular weight is 587 g/mol. The molecule has 0 fully saturated rings. The summed E-state index contributed by atoms with van der Waals surface area (Å²) in [7, 11) is 0. The van der Waals surface area contributed by atoms with Gasteiger partial charge in [-0.3, -0.25) is 10.1 Å². The molecule has 0 aliphatic heterocycles. The van der Waals surface area contributed by atoms with Crippen molar-refractivity contribution in [3.05, 3.63) is 75.2 Å². The highest BCUT2D eigenvalue weighted by Gasteiger charge is 2.14. The van der Waals surface area contributed by atoms with Crippen LogP contribution in [0.2, 0.25) is 5.02 Å². The van der Waals surface area contributed by atoms with Gasteiger partial charge in [-0.25, -0.2) is 0 Å². The van der Waals surface area contributed by atoms with Crippen molar-refractivity contribution in [1.29, 1.82) is 0 Å². The van der Waals surface area contributed by atoms with E-state index in [1.165, 1.54) is 5.56 Å². The fourth-order valence-electron chi connectivity index (χ4n) is 3.57. The topological polar surface area (TPSA) is 81.1 Å². The summed E-state index contributed by atoms with van der Waals surface area (Å²) in [6, 6.07) is 16.8. The lowest BCUT2D eigenvalue weighted by Gasteiger charge is -2.12. The Morgan fingerprint density at radius 1 is 1.08 bits per heavy atom. The van der Waals surface area contributed by atoms with Crippen LogP contribution in [0.5, 0.6) is 5.75 Å². The summed E-state index contributed by atoms with van der Waals surface area (Å²) in [4.78, 5) is 14.2. The molecule has 4 aromatic rings. The van der Waals surface area contributed by atoms with Crippen LogP contribution in [0.3, 0.4) is 0 Å². The molecule has 7 nitrogen and oxygen atoms in total. The molecule has 0 saturated carbocycles. The van der Waals surface area contributed by atoms with Gasteiger partial charge < -0.3 is 10.1 Å². The molecule has 1 amide bonds. The van der Waals surface area contributed by atoms with E-state index in [-0.39, 0.29) is 11.0 Å². The van der Waals surface area contributed by atoms with Crippen LogP contribution in [0.15, 0.2) is 59.1 Å². The van der Waals surface area contributed by atoms with Crippen molar-refractivity contribution < 1.29 is 9.53 Å². The number of hydrogen-bond acceptors (Lipinski definition) is 5. The molecule has 0 bridgehead atoms. The summed E-state index contributed by atoms with van der Waals surface area (Å²) in [6.45, 7) is 4.61. The first kappa shape index (κ1) is 26.1. The predicted molar refractivity (Wildman–Crippen MR) is 151 cm³/mol. The van der Waals surface area contributed by atoms with Gasteiger partial charge in [-0.2, -0.15) is 4.80 Å². The number of amides is 1. The Hall–Kier alpha value is -3.01. The number of aromatic nitrogens is 3. The van der Waals surface area contributed by atoms with E-state index in [9.17, 15) is 4.79 Å². The summed E-state index contributed by atoms with van der Waals surface area (Å²) >= 11 is 15.2. The van der Waals surface area contributed by atoms with Gasteiger partial charge >= 0.3 is 0 Å². The maximum absolute atomic E-state index is 12.6. The number of fused-ring (bicyclic) bond motifs is 1. The van der Waals surface area contributed by atoms with Gasteiger partial charge in [-0.15, -0.1) is 10.2 Å². The van der Waals surface area contributed by atoms with Gasteiger partial charge in [0.05, 0.1) is 27.5 Å². The molecule has 4 rings (SSSR count). The number of rotatable bonds is 8. The molecule has 2 N–H and O–H groups in total. The van der Waals surface area contributed by atoms with Crippen LogP contribution in [0.25, 0.3) is 16.7 Å². The maximum atomic E-state index is 12.6. The van der Waals surface area contributed by atoms with E-state index < -0.39 is 0 Å². The van der Waals surface area contributed by atoms with Crippen molar-refractivity contribution in [3.63, 3.8) is 0 Å². The largest absolute Gasteiger partial charge is 0.493 e. The Balaban J connectivity index is 1.46. The van der Waals surface area contributed by atoms with Gasteiger partial charge in [0.15, 0.2) is 5.11 Å². The first-order valence-corrected chi connectivity index (χ1v) is 13.2. The van der Waals surface area contributed by atoms with Gasteiger partial charge in [-0.05, 0) is 95.9 Å². The van der Waals surface area contributed by atoms with E-state index >= 15 is 0 Å². The minimum absolute atomic E-state index is 0.112. The number of hydrogen-bond donors (Lipinski definition) is 2. The zero-order chi connectivity index (χ0) is 25.7. The molecule has 0 atom stereocenters. The third-order valence-electron chi connectivity index (χ3n) is 5.42. The molecule has 1 heterocycles. The number of halogens is 2. The number of thiocarbonyl (C=S) groups is 1. The summed E-state index contributed by atoms with van der Waals surface area (Å²) in [5.74, 6) is 0.303. The fraction of sp³-hybridized carbons (Fsp3) is 0.231. The molecule has 0 aliphatic carbocycles. The highest BCUT2D eigenvalue weighted by atomic mass is 79.9. The second-order valence-electron chi connectivity index (χ2n) is 8.07. The van der Waals surface area contributed by atoms with Crippen molar-refractivity contribution in [3.8, 4) is 11.4 Å². The van der Waals surface area contributed by atoms with Crippen LogP contribution in [-0.2, 0) is 6.42 Å². The number of benzene rings is 3. The Morgan fingerprint density at radius 2 is 1.81 bits per heavy atom. The summed E-state index contributed by atoms with van der Waals surface area (Å²) in [5.41, 5.74) is 4.39. The lowest BCUT2D eigenvalue weighted by molar-refractivity contribution is 0.0977. The van der Waals surface area contributed by atoms with Crippen LogP contribution in [0, 0.1) is 0 Å². The third-order valence-corrected chi connectivity index (χ3v) is 6.56. The van der Waals surface area contributed by atoms with Crippen molar-refractivity contribution in [2.75, 3.05) is 11.9 Å². The molecule has 0 saturated heterocycles. The van der Waals surface area contributed by atoms with Gasteiger partial charge in [0, 0.05) is 5.56 Å². The van der Waals surface area contributed by atoms with Crippen LogP contribution < -0.4 is 15.4 Å². The monoisotopic (exact) mass is 585 g/mol. The average Bonchev–Trinajstić information content (AvgIpc) is 3.27. The summed E-state index contributed by atoms with van der Waals surface area (Å²) in [5, 5.41) is 15.3. The quantitative estimate of drug-likeness (QED) is 0.224. The molecule has 10 heteroatoms. The van der Waals surface area contributed by atoms with E-state index in [0.717, 1.165) is 24.9 Å². The number of ether oxygens (including phenoxy) is 1. The molecule has 0 unspecified atom stereocenters. The third kappa shape index (κ3) is 6.21. The second-order valence-corrected chi connectivity index (χ2v) is 9.74. The van der Waals surface area contributed by atoms with Crippen molar-refractivity contribution in [1.82, 2.24) is 20.3 Å². The number of nitrogens with one attached hydrogen (secondary N) is 2. The Kier molecular flexibility index (Phi) is 8.56. The molecule has 1 aromatic heterocycles. The number of carbonyl (C=O) groups is 1. The molecule has 186 valence electrons. The van der Waals surface area contributed by atoms with E-state index in [4.69, 9.17) is 28.6 Å². The number of aryl methyl sites for hydroxylation is 1. The van der Waals surface area contributed by atoms with Crippen LogP contribution in [0.1, 0.15) is 42.6 Å². The second kappa shape index (κ2) is 11.8. The molecule has 3 aromatic carbocycles. The van der Waals surface area contributed by atoms with Crippen molar-refractivity contribution in [2.45, 2.75) is 33.1 Å². The minimum Gasteiger partial charge on any atom is -0.493 e. The summed E-state index contributed by atoms with van der Waals surface area (Å²) in [6.07, 6.45) is 3.39. The standard InChI is InChI=1S/C26H25BrClN5O2S/c1-3-5-6-16-7-10-18(11-8-16)33-31-22-14-20(28)21(15-23(22)32-33)29-26(36)30-25(34)17-9-12-24(35-4-2)19(27)13-17/h7-15H,3-6H2,1-2H3,(H2,29,30,34,36). The number of unbranched alkanes of at least 4 members (excludes halogenated alkanes) is 1. The van der Waals surface area contributed by atoms with Crippen molar-refractivity contribution >= 4 is 67.5 Å². The van der Waals surface area contributed by atoms with Gasteiger partial charge in [0.25, 0.3) is 5.91 Å². The van der Waals surface area contributed by atoms with Gasteiger partial charge in [-0.1, -0.05) is 37.1 Å². The highest BCUT2D eigenvalue weighted by Crippen LogP contribution is 2.28. The zero-order valence-electron chi connectivity index (χ0n) is 19.8. The van der Waals surface area contributed by atoms with Gasteiger partial charge in [0.2, 0.25) is 0 Å². The Bertz CT molecular complexity index is 1410. The smallest absolute Gasteiger partial charge is 0.257 e. The van der Waals surface area contributed by atoms with E-state index in [1.807, 2.05) is 19.1 Å². The maximum Gasteiger partial charge on any atom is 0.257 e. The first-order valence-electron chi connectivity index (χ1n) is 11.6. The number of carbonyl (C=O) groups excluding carboxylic acids is 1. The van der Waals surface area contributed by atoms with Crippen LogP contribution in [-0.4, -0.2) is 32.6 Å². The highest BCUT2D eigenvalue weighted by molar-refractivity contribution is 9.10. The lowest BCUT2D eigenvalue weighted by Crippen LogP contribution is -2.34. The number of anilines is 1. The summed E-state index contributed by atoms with van der Waals surface area (Å²) < 4.78 is 6.17. The molecular weight excluding hydrogens is 562 g/mol. The zero-order valence-corrected chi connectivity index (χ0v) is 23.0. The molecule has 0 radical (unpaired) electrons. The fourth-order valence-corrected chi connectivity index (χ4v) is 4.47. The van der Waals surface area contributed by atoms with Gasteiger partial charge in [0.1, 0.15) is 16.8 Å². The van der Waals surface area contributed by atoms with E-state index in [2.05, 4.69) is 55.8 Å². The molecular formula is C26H25BrClN5O2S. The van der Waals surface area contributed by atoms with E-state index in [1.54, 1.807) is 35.1 Å². The van der Waals surface area contributed by atoms with Crippen LogP contribution >= 0.6 is 39.7 Å². The first-order chi connectivity index (χ1) is 17.4. The minimum atomic E-state index is -0.359. The van der Waals surface area contributed by atoms with Crippen molar-refractivity contribution in [2.24, 2.45) is 0 Å².